The Kier molecular flexibility index (Phi) is 3.88. The van der Waals surface area contributed by atoms with Gasteiger partial charge in [0.1, 0.15) is 0 Å². The normalized spacial score (nSPS) is 31.1. The molecule has 1 N–H and O–H groups in total. The highest BCUT2D eigenvalue weighted by atomic mass is 79.9. The van der Waals surface area contributed by atoms with Crippen LogP contribution in [-0.4, -0.2) is 25.2 Å². The Morgan fingerprint density at radius 1 is 1.05 bits per heavy atom. The summed E-state index contributed by atoms with van der Waals surface area (Å²) in [5.41, 5.74) is -0.827. The molecule has 3 aliphatic rings. The summed E-state index contributed by atoms with van der Waals surface area (Å²) < 4.78 is 26.2. The van der Waals surface area contributed by atoms with Crippen molar-refractivity contribution in [1.82, 2.24) is 0 Å². The third-order valence-corrected chi connectivity index (χ3v) is 8.04. The van der Waals surface area contributed by atoms with Crippen molar-refractivity contribution in [1.29, 1.82) is 0 Å². The molecule has 1 aromatic carbocycles. The lowest BCUT2D eigenvalue weighted by molar-refractivity contribution is -0.158. The standard InChI is InChI=1S/C16H19BrO4S/c17-12-1-3-13(4-2-12)22(20,21)11-15-5-8-16(9-6-15,10-7-15)14(18)19/h1-4H,5-11H2,(H,18,19). The minimum atomic E-state index is -3.33. The molecule has 0 heterocycles. The van der Waals surface area contributed by atoms with Crippen molar-refractivity contribution in [3.8, 4) is 0 Å². The first-order valence-electron chi connectivity index (χ1n) is 7.49. The predicted octanol–water partition coefficient (Wildman–Crippen LogP) is 3.65. The van der Waals surface area contributed by atoms with Crippen LogP contribution >= 0.6 is 15.9 Å². The van der Waals surface area contributed by atoms with Gasteiger partial charge in [0.05, 0.1) is 16.1 Å². The summed E-state index contributed by atoms with van der Waals surface area (Å²) in [5.74, 6) is -0.575. The highest BCUT2D eigenvalue weighted by Gasteiger charge is 2.53. The maximum Gasteiger partial charge on any atom is 0.309 e. The lowest BCUT2D eigenvalue weighted by atomic mass is 9.54. The Bertz CT molecular complexity index is 669. The minimum Gasteiger partial charge on any atom is -0.481 e. The number of fused-ring (bicyclic) bond motifs is 3. The van der Waals surface area contributed by atoms with Crippen molar-refractivity contribution in [3.63, 3.8) is 0 Å². The molecule has 3 aliphatic carbocycles. The van der Waals surface area contributed by atoms with E-state index in [-0.39, 0.29) is 11.2 Å². The molecule has 3 saturated carbocycles. The van der Waals surface area contributed by atoms with Crippen molar-refractivity contribution >= 4 is 31.7 Å². The molecule has 4 rings (SSSR count). The van der Waals surface area contributed by atoms with Gasteiger partial charge in [0, 0.05) is 4.47 Å². The lowest BCUT2D eigenvalue weighted by Crippen LogP contribution is -2.48. The third-order valence-electron chi connectivity index (χ3n) is 5.52. The number of hydrogen-bond acceptors (Lipinski definition) is 3. The quantitative estimate of drug-likeness (QED) is 0.856. The molecule has 0 amide bonds. The van der Waals surface area contributed by atoms with E-state index >= 15 is 0 Å². The molecule has 2 bridgehead atoms. The van der Waals surface area contributed by atoms with Gasteiger partial charge in [-0.1, -0.05) is 15.9 Å². The largest absolute Gasteiger partial charge is 0.481 e. The lowest BCUT2D eigenvalue weighted by Gasteiger charge is -2.51. The fraction of sp³-hybridized carbons (Fsp3) is 0.562. The van der Waals surface area contributed by atoms with Crippen molar-refractivity contribution in [3.05, 3.63) is 28.7 Å². The summed E-state index contributed by atoms with van der Waals surface area (Å²) >= 11 is 3.31. The fourth-order valence-electron chi connectivity index (χ4n) is 3.93. The molecule has 0 radical (unpaired) electrons. The second kappa shape index (κ2) is 5.34. The Labute approximate surface area is 139 Å². The molecule has 4 nitrogen and oxygen atoms in total. The summed E-state index contributed by atoms with van der Waals surface area (Å²) in [7, 11) is -3.33. The molecule has 0 aliphatic heterocycles. The number of carbonyl (C=O) groups is 1. The van der Waals surface area contributed by atoms with Crippen LogP contribution < -0.4 is 0 Å². The Morgan fingerprint density at radius 3 is 2.00 bits per heavy atom. The van der Waals surface area contributed by atoms with E-state index in [1.807, 2.05) is 0 Å². The van der Waals surface area contributed by atoms with E-state index in [1.165, 1.54) is 0 Å². The van der Waals surface area contributed by atoms with Crippen LogP contribution in [0.1, 0.15) is 38.5 Å². The van der Waals surface area contributed by atoms with Gasteiger partial charge in [0.2, 0.25) is 0 Å². The van der Waals surface area contributed by atoms with Crippen molar-refractivity contribution in [2.24, 2.45) is 10.8 Å². The highest BCUT2D eigenvalue weighted by molar-refractivity contribution is 9.10. The minimum absolute atomic E-state index is 0.136. The predicted molar refractivity (Wildman–Crippen MR) is 86.4 cm³/mol. The zero-order valence-electron chi connectivity index (χ0n) is 12.2. The van der Waals surface area contributed by atoms with Gasteiger partial charge in [-0.15, -0.1) is 0 Å². The van der Waals surface area contributed by atoms with Crippen LogP contribution in [0.3, 0.4) is 0 Å². The molecule has 0 unspecified atom stereocenters. The highest BCUT2D eigenvalue weighted by Crippen LogP contribution is 2.57. The van der Waals surface area contributed by atoms with Gasteiger partial charge >= 0.3 is 5.97 Å². The SMILES string of the molecule is O=C(O)C12CCC(CS(=O)(=O)c3ccc(Br)cc3)(CC1)CC2. The van der Waals surface area contributed by atoms with Gasteiger partial charge in [-0.3, -0.25) is 4.79 Å². The van der Waals surface area contributed by atoms with E-state index in [0.717, 1.165) is 4.47 Å². The molecule has 3 fully saturated rings. The Morgan fingerprint density at radius 2 is 1.55 bits per heavy atom. The van der Waals surface area contributed by atoms with Gasteiger partial charge in [0.15, 0.2) is 9.84 Å². The second-order valence-corrected chi connectivity index (χ2v) is 9.70. The molecule has 0 aromatic heterocycles. The summed E-state index contributed by atoms with van der Waals surface area (Å²) in [6.45, 7) is 0. The first-order valence-corrected chi connectivity index (χ1v) is 9.93. The number of benzene rings is 1. The molecule has 0 spiro atoms. The van der Waals surface area contributed by atoms with Crippen LogP contribution in [0.25, 0.3) is 0 Å². The third kappa shape index (κ3) is 2.71. The maximum atomic E-state index is 12.7. The molecule has 6 heteroatoms. The van der Waals surface area contributed by atoms with Crippen LogP contribution in [-0.2, 0) is 14.6 Å². The smallest absolute Gasteiger partial charge is 0.309 e. The van der Waals surface area contributed by atoms with Crippen LogP contribution in [0.5, 0.6) is 0 Å². The monoisotopic (exact) mass is 386 g/mol. The summed E-state index contributed by atoms with van der Waals surface area (Å²) in [6, 6.07) is 6.73. The van der Waals surface area contributed by atoms with Gasteiger partial charge in [-0.25, -0.2) is 8.42 Å². The molecule has 0 saturated heterocycles. The Hall–Kier alpha value is -0.880. The summed E-state index contributed by atoms with van der Waals surface area (Å²) in [4.78, 5) is 11.8. The number of aliphatic carboxylic acids is 1. The van der Waals surface area contributed by atoms with Crippen LogP contribution in [0.2, 0.25) is 0 Å². The average Bonchev–Trinajstić information content (AvgIpc) is 2.48. The number of rotatable bonds is 4. The maximum absolute atomic E-state index is 12.7. The molecule has 0 atom stereocenters. The van der Waals surface area contributed by atoms with Gasteiger partial charge in [0.25, 0.3) is 0 Å². The van der Waals surface area contributed by atoms with Crippen molar-refractivity contribution < 1.29 is 18.3 Å². The van der Waals surface area contributed by atoms with Crippen molar-refractivity contribution in [2.75, 3.05) is 5.75 Å². The van der Waals surface area contributed by atoms with Crippen LogP contribution in [0.4, 0.5) is 0 Å². The molecule has 1 aromatic rings. The first-order chi connectivity index (χ1) is 10.3. The van der Waals surface area contributed by atoms with E-state index in [4.69, 9.17) is 0 Å². The molecular weight excluding hydrogens is 368 g/mol. The number of carboxylic acid groups (broad SMARTS) is 1. The summed E-state index contributed by atoms with van der Waals surface area (Å²) in [6.07, 6.45) is 3.94. The zero-order chi connectivity index (χ0) is 16.0. The van der Waals surface area contributed by atoms with Gasteiger partial charge in [-0.2, -0.15) is 0 Å². The molecule has 120 valence electrons. The van der Waals surface area contributed by atoms with E-state index in [0.29, 0.717) is 43.4 Å². The van der Waals surface area contributed by atoms with Crippen LogP contribution in [0.15, 0.2) is 33.6 Å². The average molecular weight is 387 g/mol. The second-order valence-electron chi connectivity index (χ2n) is 6.80. The molecule has 22 heavy (non-hydrogen) atoms. The van der Waals surface area contributed by atoms with Gasteiger partial charge in [-0.05, 0) is 68.2 Å². The number of halogens is 1. The van der Waals surface area contributed by atoms with Gasteiger partial charge < -0.3 is 5.11 Å². The zero-order valence-corrected chi connectivity index (χ0v) is 14.6. The summed E-state index contributed by atoms with van der Waals surface area (Å²) in [5, 5.41) is 9.41. The number of carboxylic acids is 1. The Balaban J connectivity index is 1.79. The van der Waals surface area contributed by atoms with E-state index < -0.39 is 21.2 Å². The van der Waals surface area contributed by atoms with E-state index in [9.17, 15) is 18.3 Å². The first kappa shape index (κ1) is 16.0. The number of sulfone groups is 1. The van der Waals surface area contributed by atoms with E-state index in [2.05, 4.69) is 15.9 Å². The fourth-order valence-corrected chi connectivity index (χ4v) is 6.15. The van der Waals surface area contributed by atoms with Crippen LogP contribution in [0, 0.1) is 10.8 Å². The molecular formula is C16H19BrO4S. The van der Waals surface area contributed by atoms with E-state index in [1.54, 1.807) is 24.3 Å². The topological polar surface area (TPSA) is 71.4 Å². The number of hydrogen-bond donors (Lipinski definition) is 1. The van der Waals surface area contributed by atoms with Crippen molar-refractivity contribution in [2.45, 2.75) is 43.4 Å².